The number of allylic oxidation sites excluding steroid dienone is 2. The van der Waals surface area contributed by atoms with Crippen LogP contribution >= 0.6 is 0 Å². The molecule has 4 atom stereocenters. The van der Waals surface area contributed by atoms with Crippen molar-refractivity contribution in [2.75, 3.05) is 0 Å². The van der Waals surface area contributed by atoms with Gasteiger partial charge in [0.1, 0.15) is 0 Å². The maximum absolute atomic E-state index is 2.48. The summed E-state index contributed by atoms with van der Waals surface area (Å²) in [6.07, 6.45) is 19.7. The molecule has 0 aliphatic heterocycles. The quantitative estimate of drug-likeness (QED) is 0.490. The number of fused-ring (bicyclic) bond motifs is 1. The molecule has 142 valence electrons. The molecule has 0 aromatic heterocycles. The van der Waals surface area contributed by atoms with Crippen LogP contribution in [0.25, 0.3) is 0 Å². The van der Waals surface area contributed by atoms with Crippen molar-refractivity contribution in [1.29, 1.82) is 0 Å². The van der Waals surface area contributed by atoms with Crippen LogP contribution in [-0.2, 0) is 0 Å². The average Bonchev–Trinajstić information content (AvgIpc) is 2.69. The Balaban J connectivity index is 1.28. The lowest BCUT2D eigenvalue weighted by atomic mass is 9.61. The van der Waals surface area contributed by atoms with Crippen molar-refractivity contribution in [3.8, 4) is 0 Å². The molecule has 0 radical (unpaired) electrons. The topological polar surface area (TPSA) is 0 Å². The van der Waals surface area contributed by atoms with Gasteiger partial charge in [0.2, 0.25) is 0 Å². The number of rotatable bonds is 3. The van der Waals surface area contributed by atoms with Gasteiger partial charge in [-0.2, -0.15) is 0 Å². The molecule has 3 aliphatic carbocycles. The molecule has 3 fully saturated rings. The Hall–Kier alpha value is -1.04. The van der Waals surface area contributed by atoms with E-state index in [0.29, 0.717) is 0 Å². The molecule has 0 amide bonds. The summed E-state index contributed by atoms with van der Waals surface area (Å²) in [4.78, 5) is 0. The van der Waals surface area contributed by atoms with E-state index in [4.69, 9.17) is 0 Å². The summed E-state index contributed by atoms with van der Waals surface area (Å²) in [7, 11) is 0. The molecule has 1 aromatic carbocycles. The summed E-state index contributed by atoms with van der Waals surface area (Å²) in [6, 6.07) is 9.36. The number of hydrogen-bond acceptors (Lipinski definition) is 0. The molecule has 0 saturated heterocycles. The molecule has 0 N–H and O–H groups in total. The van der Waals surface area contributed by atoms with E-state index in [0.717, 1.165) is 35.5 Å². The first-order valence-electron chi connectivity index (χ1n) is 11.4. The predicted octanol–water partition coefficient (Wildman–Crippen LogP) is 7.68. The zero-order valence-corrected chi connectivity index (χ0v) is 17.0. The zero-order chi connectivity index (χ0) is 17.9. The number of aryl methyl sites for hydroxylation is 1. The van der Waals surface area contributed by atoms with E-state index < -0.39 is 0 Å². The van der Waals surface area contributed by atoms with Crippen molar-refractivity contribution in [3.63, 3.8) is 0 Å². The fourth-order valence-electron chi connectivity index (χ4n) is 6.60. The summed E-state index contributed by atoms with van der Waals surface area (Å²) in [5.41, 5.74) is 2.99. The summed E-state index contributed by atoms with van der Waals surface area (Å²) in [5, 5.41) is 0. The fourth-order valence-corrected chi connectivity index (χ4v) is 6.60. The molecule has 3 aliphatic rings. The van der Waals surface area contributed by atoms with E-state index in [-0.39, 0.29) is 0 Å². The SMILES string of the molecule is C/C=C/C1CCC2CC(C3CCC(c4ccc(C)cc4)CC3)CCC2C1. The first kappa shape index (κ1) is 18.3. The Kier molecular flexibility index (Phi) is 5.87. The number of hydrogen-bond donors (Lipinski definition) is 0. The molecule has 4 rings (SSSR count). The highest BCUT2D eigenvalue weighted by molar-refractivity contribution is 5.24. The van der Waals surface area contributed by atoms with Gasteiger partial charge >= 0.3 is 0 Å². The zero-order valence-electron chi connectivity index (χ0n) is 17.0. The average molecular weight is 351 g/mol. The fraction of sp³-hybridized carbons (Fsp3) is 0.692. The molecule has 4 unspecified atom stereocenters. The van der Waals surface area contributed by atoms with Gasteiger partial charge in [0.15, 0.2) is 0 Å². The highest BCUT2D eigenvalue weighted by Gasteiger charge is 2.38. The molecule has 1 aromatic rings. The van der Waals surface area contributed by atoms with Gasteiger partial charge in [0.25, 0.3) is 0 Å². The maximum atomic E-state index is 2.48. The van der Waals surface area contributed by atoms with Gasteiger partial charge in [-0.3, -0.25) is 0 Å². The largest absolute Gasteiger partial charge is 0.0914 e. The van der Waals surface area contributed by atoms with Gasteiger partial charge in [-0.25, -0.2) is 0 Å². The van der Waals surface area contributed by atoms with Crippen LogP contribution in [0.2, 0.25) is 0 Å². The second-order valence-corrected chi connectivity index (χ2v) is 9.71. The summed E-state index contributed by atoms with van der Waals surface area (Å²) < 4.78 is 0. The third kappa shape index (κ3) is 4.10. The summed E-state index contributed by atoms with van der Waals surface area (Å²) in [5.74, 6) is 5.91. The van der Waals surface area contributed by atoms with Crippen molar-refractivity contribution in [1.82, 2.24) is 0 Å². The molecule has 0 heteroatoms. The first-order chi connectivity index (χ1) is 12.7. The Labute approximate surface area is 161 Å². The molecular formula is C26H38. The van der Waals surface area contributed by atoms with Gasteiger partial charge < -0.3 is 0 Å². The van der Waals surface area contributed by atoms with Crippen molar-refractivity contribution in [2.24, 2.45) is 29.6 Å². The normalized spacial score (nSPS) is 38.2. The third-order valence-corrected chi connectivity index (χ3v) is 8.15. The van der Waals surface area contributed by atoms with E-state index >= 15 is 0 Å². The Morgan fingerprint density at radius 2 is 1.27 bits per heavy atom. The van der Waals surface area contributed by atoms with Gasteiger partial charge in [0.05, 0.1) is 0 Å². The molecule has 26 heavy (non-hydrogen) atoms. The van der Waals surface area contributed by atoms with Crippen LogP contribution in [0.4, 0.5) is 0 Å². The van der Waals surface area contributed by atoms with Gasteiger partial charge in [0, 0.05) is 0 Å². The van der Waals surface area contributed by atoms with Crippen molar-refractivity contribution < 1.29 is 0 Å². The van der Waals surface area contributed by atoms with Crippen molar-refractivity contribution in [3.05, 3.63) is 47.5 Å². The lowest BCUT2D eigenvalue weighted by Gasteiger charge is -2.45. The lowest BCUT2D eigenvalue weighted by Crippen LogP contribution is -2.34. The second kappa shape index (κ2) is 8.32. The minimum Gasteiger partial charge on any atom is -0.0914 e. The van der Waals surface area contributed by atoms with Crippen LogP contribution in [0.3, 0.4) is 0 Å². The molecule has 0 bridgehead atoms. The summed E-state index contributed by atoms with van der Waals surface area (Å²) in [6.45, 7) is 4.39. The first-order valence-corrected chi connectivity index (χ1v) is 11.4. The molecule has 0 nitrogen and oxygen atoms in total. The second-order valence-electron chi connectivity index (χ2n) is 9.71. The van der Waals surface area contributed by atoms with Crippen molar-refractivity contribution in [2.45, 2.75) is 84.0 Å². The molecule has 3 saturated carbocycles. The van der Waals surface area contributed by atoms with E-state index in [2.05, 4.69) is 50.3 Å². The van der Waals surface area contributed by atoms with Crippen LogP contribution in [0, 0.1) is 36.5 Å². The Morgan fingerprint density at radius 1 is 0.692 bits per heavy atom. The minimum absolute atomic E-state index is 0.833. The monoisotopic (exact) mass is 350 g/mol. The Bertz CT molecular complexity index is 587. The molecular weight excluding hydrogens is 312 g/mol. The maximum Gasteiger partial charge on any atom is -0.0162 e. The molecule has 0 spiro atoms. The van der Waals surface area contributed by atoms with Crippen LogP contribution < -0.4 is 0 Å². The highest BCUT2D eigenvalue weighted by atomic mass is 14.4. The van der Waals surface area contributed by atoms with Gasteiger partial charge in [-0.1, -0.05) is 42.0 Å². The summed E-state index contributed by atoms with van der Waals surface area (Å²) >= 11 is 0. The van der Waals surface area contributed by atoms with Crippen LogP contribution in [0.1, 0.15) is 88.2 Å². The van der Waals surface area contributed by atoms with E-state index in [1.807, 2.05) is 0 Å². The van der Waals surface area contributed by atoms with E-state index in [1.165, 1.54) is 63.4 Å². The van der Waals surface area contributed by atoms with Gasteiger partial charge in [-0.05, 0) is 119 Å². The molecule has 0 heterocycles. The standard InChI is InChI=1S/C26H38/c1-3-4-20-7-10-26-18-25(16-15-24(26)17-20)23-13-11-22(12-14-23)21-8-5-19(2)6-9-21/h3-6,8-9,20,22-26H,7,10-18H2,1-2H3/b4-3+. The number of benzene rings is 1. The van der Waals surface area contributed by atoms with Crippen LogP contribution in [0.5, 0.6) is 0 Å². The van der Waals surface area contributed by atoms with E-state index in [1.54, 1.807) is 12.0 Å². The third-order valence-electron chi connectivity index (χ3n) is 8.15. The van der Waals surface area contributed by atoms with Crippen molar-refractivity contribution >= 4 is 0 Å². The van der Waals surface area contributed by atoms with Gasteiger partial charge in [-0.15, -0.1) is 0 Å². The predicted molar refractivity (Wildman–Crippen MR) is 112 cm³/mol. The van der Waals surface area contributed by atoms with Crippen LogP contribution in [0.15, 0.2) is 36.4 Å². The highest BCUT2D eigenvalue weighted by Crippen LogP contribution is 2.50. The Morgan fingerprint density at radius 3 is 1.96 bits per heavy atom. The van der Waals surface area contributed by atoms with Crippen LogP contribution in [-0.4, -0.2) is 0 Å². The lowest BCUT2D eigenvalue weighted by molar-refractivity contribution is 0.0719. The minimum atomic E-state index is 0.833. The smallest absolute Gasteiger partial charge is 0.0162 e. The van der Waals surface area contributed by atoms with E-state index in [9.17, 15) is 0 Å².